The van der Waals surface area contributed by atoms with Gasteiger partial charge in [0.2, 0.25) is 5.91 Å². The Hall–Kier alpha value is -3.06. The van der Waals surface area contributed by atoms with E-state index >= 15 is 0 Å². The van der Waals surface area contributed by atoms with Gasteiger partial charge in [0.25, 0.3) is 5.69 Å². The zero-order valence-corrected chi connectivity index (χ0v) is 17.8. The van der Waals surface area contributed by atoms with Crippen LogP contribution in [0.15, 0.2) is 53.7 Å². The monoisotopic (exact) mass is 442 g/mol. The van der Waals surface area contributed by atoms with Crippen molar-refractivity contribution in [2.45, 2.75) is 39.0 Å². The number of hydrogen-bond acceptors (Lipinski definition) is 4. The predicted molar refractivity (Wildman–Crippen MR) is 114 cm³/mol. The third kappa shape index (κ3) is 3.74. The molecule has 1 amide bonds. The van der Waals surface area contributed by atoms with Crippen LogP contribution in [0.25, 0.3) is 0 Å². The number of carbonyl (C=O) groups excluding carboxylic acids is 2. The third-order valence-electron chi connectivity index (χ3n) is 5.80. The molecule has 1 aliphatic carbocycles. The maximum absolute atomic E-state index is 14.6. The van der Waals surface area contributed by atoms with E-state index < -0.39 is 28.0 Å². The smallest absolute Gasteiger partial charge is 0.294 e. The normalized spacial score (nSPS) is 20.6. The average Bonchev–Trinajstić information content (AvgIpc) is 2.67. The Morgan fingerprint density at radius 2 is 1.87 bits per heavy atom. The number of hydrogen-bond donors (Lipinski definition) is 0. The Labute approximate surface area is 183 Å². The molecule has 4 rings (SSSR count). The lowest BCUT2D eigenvalue weighted by Crippen LogP contribution is -2.44. The molecule has 31 heavy (non-hydrogen) atoms. The zero-order chi connectivity index (χ0) is 22.5. The Morgan fingerprint density at radius 1 is 1.16 bits per heavy atom. The van der Waals surface area contributed by atoms with Crippen LogP contribution < -0.4 is 4.90 Å². The highest BCUT2D eigenvalue weighted by Gasteiger charge is 2.46. The average molecular weight is 443 g/mol. The summed E-state index contributed by atoms with van der Waals surface area (Å²) in [4.78, 5) is 38.9. The van der Waals surface area contributed by atoms with Crippen LogP contribution in [0.4, 0.5) is 15.8 Å². The highest BCUT2D eigenvalue weighted by atomic mass is 35.5. The van der Waals surface area contributed by atoms with Gasteiger partial charge in [-0.3, -0.25) is 24.6 Å². The number of rotatable bonds is 3. The van der Waals surface area contributed by atoms with Gasteiger partial charge in [-0.2, -0.15) is 0 Å². The molecule has 1 atom stereocenters. The van der Waals surface area contributed by atoms with Crippen molar-refractivity contribution >= 4 is 34.7 Å². The standard InChI is InChI=1S/C23H20ClFN2O4/c1-23(2)11-19-22(20(28)12-23)15(14-5-3-4-6-16(14)25)10-21(29)26(19)17-8-7-13(24)9-18(17)27(30)31/h3-9,15H,10-12H2,1-2H3. The second-order valence-electron chi connectivity index (χ2n) is 8.70. The summed E-state index contributed by atoms with van der Waals surface area (Å²) in [6.07, 6.45) is 0.442. The molecule has 2 aliphatic rings. The number of ketones is 1. The number of nitro benzene ring substituents is 1. The topological polar surface area (TPSA) is 80.5 Å². The number of Topliss-reactive ketones (excluding diaryl/α,β-unsaturated/α-hetero) is 1. The zero-order valence-electron chi connectivity index (χ0n) is 17.0. The van der Waals surface area contributed by atoms with E-state index in [0.29, 0.717) is 17.7 Å². The van der Waals surface area contributed by atoms with Crippen molar-refractivity contribution in [3.8, 4) is 0 Å². The molecule has 0 saturated carbocycles. The SMILES string of the molecule is CC1(C)CC(=O)C2=C(C1)N(c1ccc(Cl)cc1[N+](=O)[O-])C(=O)CC2c1ccccc1F. The maximum atomic E-state index is 14.6. The summed E-state index contributed by atoms with van der Waals surface area (Å²) in [6, 6.07) is 10.2. The molecule has 0 aromatic heterocycles. The summed E-state index contributed by atoms with van der Waals surface area (Å²) >= 11 is 5.95. The Balaban J connectivity index is 1.97. The molecular formula is C23H20ClFN2O4. The summed E-state index contributed by atoms with van der Waals surface area (Å²) in [5.74, 6) is -1.82. The van der Waals surface area contributed by atoms with Crippen molar-refractivity contribution in [2.75, 3.05) is 4.90 Å². The molecule has 0 N–H and O–H groups in total. The van der Waals surface area contributed by atoms with E-state index in [2.05, 4.69) is 0 Å². The fraction of sp³-hybridized carbons (Fsp3) is 0.304. The first-order chi connectivity index (χ1) is 14.6. The molecule has 0 saturated heterocycles. The Kier molecular flexibility index (Phi) is 5.17. The minimum Gasteiger partial charge on any atom is -0.294 e. The van der Waals surface area contributed by atoms with Gasteiger partial charge in [-0.25, -0.2) is 4.39 Å². The lowest BCUT2D eigenvalue weighted by molar-refractivity contribution is -0.384. The number of halogens is 2. The molecule has 2 aromatic rings. The maximum Gasteiger partial charge on any atom is 0.294 e. The molecule has 2 aromatic carbocycles. The summed E-state index contributed by atoms with van der Waals surface area (Å²) in [5.41, 5.74) is 0.315. The fourth-order valence-corrected chi connectivity index (χ4v) is 4.72. The Morgan fingerprint density at radius 3 is 2.55 bits per heavy atom. The van der Waals surface area contributed by atoms with Gasteiger partial charge in [-0.05, 0) is 35.6 Å². The molecule has 160 valence electrons. The molecule has 1 aliphatic heterocycles. The van der Waals surface area contributed by atoms with Crippen molar-refractivity contribution in [1.82, 2.24) is 0 Å². The van der Waals surface area contributed by atoms with Crippen molar-refractivity contribution in [3.05, 3.63) is 80.3 Å². The van der Waals surface area contributed by atoms with E-state index in [1.54, 1.807) is 18.2 Å². The summed E-state index contributed by atoms with van der Waals surface area (Å²) in [7, 11) is 0. The van der Waals surface area contributed by atoms with Gasteiger partial charge in [0.05, 0.1) is 4.92 Å². The highest BCUT2D eigenvalue weighted by molar-refractivity contribution is 6.31. The summed E-state index contributed by atoms with van der Waals surface area (Å²) in [6.45, 7) is 3.81. The van der Waals surface area contributed by atoms with Gasteiger partial charge in [0.15, 0.2) is 5.78 Å². The number of amides is 1. The van der Waals surface area contributed by atoms with Crippen molar-refractivity contribution in [1.29, 1.82) is 0 Å². The van der Waals surface area contributed by atoms with Crippen LogP contribution in [-0.4, -0.2) is 16.6 Å². The molecule has 8 heteroatoms. The number of anilines is 1. The van der Waals surface area contributed by atoms with Crippen LogP contribution in [0, 0.1) is 21.3 Å². The van der Waals surface area contributed by atoms with E-state index in [9.17, 15) is 24.1 Å². The van der Waals surface area contributed by atoms with Crippen molar-refractivity contribution in [3.63, 3.8) is 0 Å². The van der Waals surface area contributed by atoms with E-state index in [1.807, 2.05) is 13.8 Å². The molecule has 6 nitrogen and oxygen atoms in total. The van der Waals surface area contributed by atoms with Crippen LogP contribution in [0.5, 0.6) is 0 Å². The largest absolute Gasteiger partial charge is 0.294 e. The van der Waals surface area contributed by atoms with Crippen molar-refractivity contribution < 1.29 is 18.9 Å². The lowest BCUT2D eigenvalue weighted by atomic mass is 9.69. The van der Waals surface area contributed by atoms with Gasteiger partial charge >= 0.3 is 0 Å². The van der Waals surface area contributed by atoms with E-state index in [0.717, 1.165) is 0 Å². The minimum atomic E-state index is -0.727. The first-order valence-electron chi connectivity index (χ1n) is 9.86. The van der Waals surface area contributed by atoms with E-state index in [4.69, 9.17) is 11.6 Å². The molecule has 0 spiro atoms. The van der Waals surface area contributed by atoms with Crippen LogP contribution in [-0.2, 0) is 9.59 Å². The number of nitro groups is 1. The summed E-state index contributed by atoms with van der Waals surface area (Å²) in [5, 5.41) is 11.8. The molecule has 0 radical (unpaired) electrons. The van der Waals surface area contributed by atoms with Gasteiger partial charge in [-0.1, -0.05) is 43.6 Å². The Bertz CT molecular complexity index is 1160. The first-order valence-corrected chi connectivity index (χ1v) is 10.2. The van der Waals surface area contributed by atoms with Gasteiger partial charge in [0.1, 0.15) is 11.5 Å². The molecule has 1 unspecified atom stereocenters. The third-order valence-corrected chi connectivity index (χ3v) is 6.03. The second-order valence-corrected chi connectivity index (χ2v) is 9.14. The summed E-state index contributed by atoms with van der Waals surface area (Å²) < 4.78 is 14.6. The minimum absolute atomic E-state index is 0.0596. The van der Waals surface area contributed by atoms with Crippen LogP contribution in [0.1, 0.15) is 44.6 Å². The molecule has 1 heterocycles. The van der Waals surface area contributed by atoms with Gasteiger partial charge in [0, 0.05) is 41.1 Å². The number of benzene rings is 2. The first kappa shape index (κ1) is 21.2. The quantitative estimate of drug-likeness (QED) is 0.461. The van der Waals surface area contributed by atoms with Crippen LogP contribution >= 0.6 is 11.6 Å². The number of nitrogens with zero attached hydrogens (tertiary/aromatic N) is 2. The van der Waals surface area contributed by atoms with E-state index in [1.165, 1.54) is 29.2 Å². The number of allylic oxidation sites excluding steroid dienone is 2. The van der Waals surface area contributed by atoms with Crippen LogP contribution in [0.2, 0.25) is 5.02 Å². The fourth-order valence-electron chi connectivity index (χ4n) is 4.55. The van der Waals surface area contributed by atoms with Crippen LogP contribution in [0.3, 0.4) is 0 Å². The molecule has 0 bridgehead atoms. The molecule has 0 fully saturated rings. The predicted octanol–water partition coefficient (Wildman–Crippen LogP) is 5.55. The highest BCUT2D eigenvalue weighted by Crippen LogP contribution is 2.49. The lowest BCUT2D eigenvalue weighted by Gasteiger charge is -2.42. The second kappa shape index (κ2) is 7.57. The van der Waals surface area contributed by atoms with E-state index in [-0.39, 0.29) is 40.6 Å². The molecular weight excluding hydrogens is 423 g/mol. The number of carbonyl (C=O) groups is 2. The van der Waals surface area contributed by atoms with Gasteiger partial charge in [-0.15, -0.1) is 0 Å². The van der Waals surface area contributed by atoms with Gasteiger partial charge < -0.3 is 0 Å². The van der Waals surface area contributed by atoms with Crippen molar-refractivity contribution in [2.24, 2.45) is 5.41 Å².